The largest absolute Gasteiger partial charge is 0.392 e. The van der Waals surface area contributed by atoms with Crippen LogP contribution in [0.1, 0.15) is 4.88 Å². The summed E-state index contributed by atoms with van der Waals surface area (Å²) in [5, 5.41) is 9.18. The predicted molar refractivity (Wildman–Crippen MR) is 50.2 cm³/mol. The number of hydrogen-bond acceptors (Lipinski definition) is 3. The van der Waals surface area contributed by atoms with Crippen LogP contribution in [0.4, 0.5) is 0 Å². The molecule has 1 heterocycles. The second-order valence-electron chi connectivity index (χ2n) is 2.08. The number of hydrogen-bond donors (Lipinski definition) is 1. The number of rotatable bonds is 3. The molecule has 0 aliphatic heterocycles. The molecule has 1 rings (SSSR count). The van der Waals surface area contributed by atoms with Crippen molar-refractivity contribution < 1.29 is 5.11 Å². The molecule has 1 unspecified atom stereocenters. The van der Waals surface area contributed by atoms with Crippen molar-refractivity contribution in [1.82, 2.24) is 4.98 Å². The fourth-order valence-corrected chi connectivity index (χ4v) is 2.17. The molecule has 0 aromatic carbocycles. The summed E-state index contributed by atoms with van der Waals surface area (Å²) in [5.74, 6) is 0.268. The quantitative estimate of drug-likeness (QED) is 0.840. The molecule has 0 saturated carbocycles. The van der Waals surface area contributed by atoms with Gasteiger partial charge in [-0.25, -0.2) is 4.98 Å². The van der Waals surface area contributed by atoms with E-state index in [1.807, 2.05) is 0 Å². The molecule has 0 saturated heterocycles. The maximum Gasteiger partial charge on any atom is 0.120 e. The van der Waals surface area contributed by atoms with E-state index in [9.17, 15) is 5.11 Å². The van der Waals surface area contributed by atoms with Gasteiger partial charge in [0, 0.05) is 17.2 Å². The highest BCUT2D eigenvalue weighted by Gasteiger charge is 2.08. The maximum absolute atomic E-state index is 9.18. The highest BCUT2D eigenvalue weighted by atomic mass is 79.9. The Labute approximate surface area is 82.4 Å². The van der Waals surface area contributed by atoms with Crippen LogP contribution >= 0.6 is 38.9 Å². The van der Waals surface area contributed by atoms with Gasteiger partial charge in [0.2, 0.25) is 0 Å². The zero-order chi connectivity index (χ0) is 8.27. The molecule has 0 bridgehead atoms. The van der Waals surface area contributed by atoms with Gasteiger partial charge in [0.15, 0.2) is 0 Å². The molecule has 0 fully saturated rings. The lowest BCUT2D eigenvalue weighted by Crippen LogP contribution is -2.11. The topological polar surface area (TPSA) is 33.1 Å². The van der Waals surface area contributed by atoms with Gasteiger partial charge in [0.1, 0.15) is 4.60 Å². The third-order valence-corrected chi connectivity index (χ3v) is 3.35. The van der Waals surface area contributed by atoms with E-state index in [0.717, 1.165) is 9.48 Å². The van der Waals surface area contributed by atoms with Gasteiger partial charge in [0.25, 0.3) is 0 Å². The van der Waals surface area contributed by atoms with Gasteiger partial charge in [-0.15, -0.1) is 22.9 Å². The maximum atomic E-state index is 9.18. The van der Waals surface area contributed by atoms with Crippen LogP contribution in [-0.4, -0.2) is 22.1 Å². The lowest BCUT2D eigenvalue weighted by atomic mass is 10.3. The van der Waals surface area contributed by atoms with E-state index in [0.29, 0.717) is 6.42 Å². The number of alkyl halides is 1. The molecular formula is C6H7BrClNOS. The first-order valence-corrected chi connectivity index (χ1v) is 5.26. The minimum Gasteiger partial charge on any atom is -0.392 e. The molecule has 5 heteroatoms. The third kappa shape index (κ3) is 2.71. The SMILES string of the molecule is OC(CCl)Cc1scnc1Br. The summed E-state index contributed by atoms with van der Waals surface area (Å²) in [7, 11) is 0. The van der Waals surface area contributed by atoms with Crippen molar-refractivity contribution in [1.29, 1.82) is 0 Å². The average Bonchev–Trinajstić information content (AvgIpc) is 2.37. The highest BCUT2D eigenvalue weighted by molar-refractivity contribution is 9.10. The molecule has 62 valence electrons. The molecule has 0 aliphatic carbocycles. The summed E-state index contributed by atoms with van der Waals surface area (Å²) < 4.78 is 0.812. The van der Waals surface area contributed by atoms with E-state index in [1.165, 1.54) is 11.3 Å². The molecule has 0 radical (unpaired) electrons. The Bertz CT molecular complexity index is 230. The van der Waals surface area contributed by atoms with Crippen LogP contribution < -0.4 is 0 Å². The Morgan fingerprint density at radius 3 is 3.00 bits per heavy atom. The van der Waals surface area contributed by atoms with Crippen molar-refractivity contribution in [3.8, 4) is 0 Å². The zero-order valence-electron chi connectivity index (χ0n) is 5.63. The Morgan fingerprint density at radius 2 is 2.55 bits per heavy atom. The second kappa shape index (κ2) is 4.40. The number of aliphatic hydroxyl groups excluding tert-OH is 1. The summed E-state index contributed by atoms with van der Waals surface area (Å²) in [6, 6.07) is 0. The number of aromatic nitrogens is 1. The van der Waals surface area contributed by atoms with Crippen LogP contribution in [0.15, 0.2) is 10.1 Å². The first-order chi connectivity index (χ1) is 5.24. The highest BCUT2D eigenvalue weighted by Crippen LogP contribution is 2.20. The van der Waals surface area contributed by atoms with Crippen LogP contribution in [0.25, 0.3) is 0 Å². The third-order valence-electron chi connectivity index (χ3n) is 1.19. The number of aliphatic hydroxyl groups is 1. The van der Waals surface area contributed by atoms with E-state index in [-0.39, 0.29) is 5.88 Å². The average molecular weight is 257 g/mol. The summed E-state index contributed by atoms with van der Waals surface area (Å²) in [6.45, 7) is 0. The van der Waals surface area contributed by atoms with Gasteiger partial charge in [0.05, 0.1) is 11.6 Å². The summed E-state index contributed by atoms with van der Waals surface area (Å²) >= 11 is 10.2. The Morgan fingerprint density at radius 1 is 1.82 bits per heavy atom. The Hall–Kier alpha value is 0.360. The van der Waals surface area contributed by atoms with Gasteiger partial charge in [-0.1, -0.05) is 0 Å². The lowest BCUT2D eigenvalue weighted by molar-refractivity contribution is 0.199. The standard InChI is InChI=1S/C6H7BrClNOS/c7-6-5(11-3-9-6)1-4(10)2-8/h3-4,10H,1-2H2. The van der Waals surface area contributed by atoms with E-state index in [1.54, 1.807) is 5.51 Å². The molecule has 1 N–H and O–H groups in total. The molecule has 1 aromatic rings. The van der Waals surface area contributed by atoms with Gasteiger partial charge in [-0.05, 0) is 15.9 Å². The minimum atomic E-state index is -0.464. The second-order valence-corrected chi connectivity index (χ2v) is 4.08. The van der Waals surface area contributed by atoms with Crippen LogP contribution in [0.5, 0.6) is 0 Å². The fourth-order valence-electron chi connectivity index (χ4n) is 0.658. The first kappa shape index (κ1) is 9.45. The van der Waals surface area contributed by atoms with Crippen molar-refractivity contribution in [2.75, 3.05) is 5.88 Å². The van der Waals surface area contributed by atoms with Crippen LogP contribution in [0, 0.1) is 0 Å². The van der Waals surface area contributed by atoms with Crippen LogP contribution in [0.3, 0.4) is 0 Å². The lowest BCUT2D eigenvalue weighted by Gasteiger charge is -2.02. The number of thiazole rings is 1. The van der Waals surface area contributed by atoms with Crippen molar-refractivity contribution in [3.63, 3.8) is 0 Å². The fraction of sp³-hybridized carbons (Fsp3) is 0.500. The Balaban J connectivity index is 2.56. The summed E-state index contributed by atoms with van der Waals surface area (Å²) in [5.41, 5.74) is 1.74. The summed E-state index contributed by atoms with van der Waals surface area (Å²) in [4.78, 5) is 5.02. The molecule has 1 aromatic heterocycles. The van der Waals surface area contributed by atoms with E-state index in [4.69, 9.17) is 11.6 Å². The normalized spacial score (nSPS) is 13.4. The van der Waals surface area contributed by atoms with Gasteiger partial charge >= 0.3 is 0 Å². The molecule has 0 spiro atoms. The van der Waals surface area contributed by atoms with E-state index >= 15 is 0 Å². The number of halogens is 2. The first-order valence-electron chi connectivity index (χ1n) is 3.06. The van der Waals surface area contributed by atoms with Crippen LogP contribution in [0.2, 0.25) is 0 Å². The number of nitrogens with zero attached hydrogens (tertiary/aromatic N) is 1. The van der Waals surface area contributed by atoms with E-state index < -0.39 is 6.10 Å². The van der Waals surface area contributed by atoms with Gasteiger partial charge < -0.3 is 5.11 Å². The smallest absolute Gasteiger partial charge is 0.120 e. The zero-order valence-corrected chi connectivity index (χ0v) is 8.79. The van der Waals surface area contributed by atoms with Crippen molar-refractivity contribution >= 4 is 38.9 Å². The molecule has 1 atom stereocenters. The molecule has 2 nitrogen and oxygen atoms in total. The summed E-state index contributed by atoms with van der Waals surface area (Å²) in [6.07, 6.45) is 0.114. The molecule has 11 heavy (non-hydrogen) atoms. The van der Waals surface area contributed by atoms with Crippen molar-refractivity contribution in [2.45, 2.75) is 12.5 Å². The monoisotopic (exact) mass is 255 g/mol. The minimum absolute atomic E-state index is 0.268. The molecular weight excluding hydrogens is 249 g/mol. The van der Waals surface area contributed by atoms with Crippen LogP contribution in [-0.2, 0) is 6.42 Å². The van der Waals surface area contributed by atoms with Gasteiger partial charge in [-0.2, -0.15) is 0 Å². The Kier molecular flexibility index (Phi) is 3.78. The molecule has 0 aliphatic rings. The predicted octanol–water partition coefficient (Wildman–Crippen LogP) is 2.05. The van der Waals surface area contributed by atoms with Gasteiger partial charge in [-0.3, -0.25) is 0 Å². The van der Waals surface area contributed by atoms with Crippen molar-refractivity contribution in [3.05, 3.63) is 15.0 Å². The van der Waals surface area contributed by atoms with Crippen molar-refractivity contribution in [2.24, 2.45) is 0 Å². The van der Waals surface area contributed by atoms with E-state index in [2.05, 4.69) is 20.9 Å². The molecule has 0 amide bonds.